The number of aromatic carboxylic acids is 1. The van der Waals surface area contributed by atoms with Crippen LogP contribution in [0.3, 0.4) is 0 Å². The first-order valence-electron chi connectivity index (χ1n) is 6.15. The summed E-state index contributed by atoms with van der Waals surface area (Å²) in [6.07, 6.45) is 1.43. The zero-order valence-electron chi connectivity index (χ0n) is 10.7. The fourth-order valence-corrected chi connectivity index (χ4v) is 2.17. The van der Waals surface area contributed by atoms with Gasteiger partial charge in [0.25, 0.3) is 0 Å². The van der Waals surface area contributed by atoms with Crippen molar-refractivity contribution in [3.05, 3.63) is 59.2 Å². The van der Waals surface area contributed by atoms with Crippen LogP contribution in [-0.2, 0) is 0 Å². The van der Waals surface area contributed by atoms with Crippen molar-refractivity contribution in [1.29, 1.82) is 0 Å². The second-order valence-corrected chi connectivity index (χ2v) is 4.78. The van der Waals surface area contributed by atoms with Gasteiger partial charge in [-0.1, -0.05) is 23.7 Å². The van der Waals surface area contributed by atoms with Gasteiger partial charge >= 0.3 is 5.97 Å². The molecule has 0 aliphatic carbocycles. The van der Waals surface area contributed by atoms with Gasteiger partial charge in [-0.3, -0.25) is 0 Å². The van der Waals surface area contributed by atoms with Crippen LogP contribution < -0.4 is 5.32 Å². The van der Waals surface area contributed by atoms with Crippen LogP contribution in [0.25, 0.3) is 10.9 Å². The van der Waals surface area contributed by atoms with Gasteiger partial charge in [-0.2, -0.15) is 0 Å². The number of nitrogens with one attached hydrogen (secondary N) is 1. The third-order valence-corrected chi connectivity index (χ3v) is 3.24. The molecule has 104 valence electrons. The SMILES string of the molecule is O=C(O)c1ccnc(Nc2ccc3cccc(Cl)c3n2)c1. The maximum absolute atomic E-state index is 10.9. The summed E-state index contributed by atoms with van der Waals surface area (Å²) in [4.78, 5) is 19.4. The molecule has 0 bridgehead atoms. The van der Waals surface area contributed by atoms with Gasteiger partial charge in [-0.25, -0.2) is 14.8 Å². The van der Waals surface area contributed by atoms with Gasteiger partial charge in [0.2, 0.25) is 0 Å². The zero-order valence-corrected chi connectivity index (χ0v) is 11.5. The number of pyridine rings is 2. The molecule has 0 aliphatic rings. The lowest BCUT2D eigenvalue weighted by Crippen LogP contribution is -2.00. The van der Waals surface area contributed by atoms with E-state index in [2.05, 4.69) is 15.3 Å². The Morgan fingerprint density at radius 1 is 1.14 bits per heavy atom. The number of aromatic nitrogens is 2. The lowest BCUT2D eigenvalue weighted by atomic mass is 10.2. The van der Waals surface area contributed by atoms with E-state index in [4.69, 9.17) is 16.7 Å². The maximum atomic E-state index is 10.9. The largest absolute Gasteiger partial charge is 0.478 e. The topological polar surface area (TPSA) is 75.1 Å². The molecule has 0 amide bonds. The number of para-hydroxylation sites is 1. The van der Waals surface area contributed by atoms with Crippen molar-refractivity contribution >= 4 is 40.1 Å². The van der Waals surface area contributed by atoms with Crippen LogP contribution in [0, 0.1) is 0 Å². The average Bonchev–Trinajstić information content (AvgIpc) is 2.48. The number of rotatable bonds is 3. The van der Waals surface area contributed by atoms with Gasteiger partial charge in [-0.05, 0) is 30.3 Å². The summed E-state index contributed by atoms with van der Waals surface area (Å²) in [5.41, 5.74) is 0.838. The van der Waals surface area contributed by atoms with Crippen molar-refractivity contribution in [2.45, 2.75) is 0 Å². The number of anilines is 2. The van der Waals surface area contributed by atoms with Crippen molar-refractivity contribution < 1.29 is 9.90 Å². The number of nitrogens with zero attached hydrogens (tertiary/aromatic N) is 2. The summed E-state index contributed by atoms with van der Waals surface area (Å²) in [5.74, 6) is -0.0468. The molecule has 0 fully saturated rings. The van der Waals surface area contributed by atoms with E-state index in [0.717, 1.165) is 5.39 Å². The fraction of sp³-hybridized carbons (Fsp3) is 0. The molecule has 3 aromatic rings. The standard InChI is InChI=1S/C15H10ClN3O2/c16-11-3-1-2-9-4-5-12(19-14(9)11)18-13-8-10(15(20)21)6-7-17-13/h1-8H,(H,20,21)(H,17,18,19). The molecular weight excluding hydrogens is 290 g/mol. The minimum Gasteiger partial charge on any atom is -0.478 e. The summed E-state index contributed by atoms with van der Waals surface area (Å²) in [5, 5.41) is 13.4. The lowest BCUT2D eigenvalue weighted by Gasteiger charge is -2.07. The second kappa shape index (κ2) is 5.38. The summed E-state index contributed by atoms with van der Waals surface area (Å²) >= 11 is 6.12. The van der Waals surface area contributed by atoms with Crippen molar-refractivity contribution in [3.8, 4) is 0 Å². The Balaban J connectivity index is 1.96. The number of carboxylic acids is 1. The second-order valence-electron chi connectivity index (χ2n) is 4.37. The van der Waals surface area contributed by atoms with Crippen molar-refractivity contribution in [2.24, 2.45) is 0 Å². The van der Waals surface area contributed by atoms with Crippen molar-refractivity contribution in [1.82, 2.24) is 9.97 Å². The molecule has 0 spiro atoms. The molecule has 21 heavy (non-hydrogen) atoms. The molecule has 0 saturated carbocycles. The van der Waals surface area contributed by atoms with Crippen LogP contribution in [-0.4, -0.2) is 21.0 Å². The van der Waals surface area contributed by atoms with Gasteiger partial charge in [-0.15, -0.1) is 0 Å². The molecule has 5 nitrogen and oxygen atoms in total. The van der Waals surface area contributed by atoms with Gasteiger partial charge in [0.15, 0.2) is 0 Å². The first-order valence-corrected chi connectivity index (χ1v) is 6.53. The van der Waals surface area contributed by atoms with E-state index in [0.29, 0.717) is 22.2 Å². The van der Waals surface area contributed by atoms with E-state index in [9.17, 15) is 4.79 Å². The third-order valence-electron chi connectivity index (χ3n) is 2.93. The molecule has 0 atom stereocenters. The van der Waals surface area contributed by atoms with Crippen molar-refractivity contribution in [3.63, 3.8) is 0 Å². The molecule has 1 aromatic carbocycles. The van der Waals surface area contributed by atoms with E-state index in [1.165, 1.54) is 18.3 Å². The van der Waals surface area contributed by atoms with Crippen LogP contribution in [0.15, 0.2) is 48.7 Å². The van der Waals surface area contributed by atoms with Gasteiger partial charge in [0.05, 0.1) is 16.1 Å². The maximum Gasteiger partial charge on any atom is 0.335 e. The number of hydrogen-bond acceptors (Lipinski definition) is 4. The third kappa shape index (κ3) is 2.78. The summed E-state index contributed by atoms with van der Waals surface area (Å²) in [6.45, 7) is 0. The van der Waals surface area contributed by atoms with Crippen molar-refractivity contribution in [2.75, 3.05) is 5.32 Å². The minimum absolute atomic E-state index is 0.159. The Bertz CT molecular complexity index is 836. The summed E-state index contributed by atoms with van der Waals surface area (Å²) in [6, 6.07) is 12.1. The van der Waals surface area contributed by atoms with Crippen LogP contribution in [0.1, 0.15) is 10.4 Å². The molecule has 2 N–H and O–H groups in total. The first-order chi connectivity index (χ1) is 10.1. The highest BCUT2D eigenvalue weighted by atomic mass is 35.5. The Labute approximate surface area is 125 Å². The normalized spacial score (nSPS) is 10.5. The number of benzene rings is 1. The predicted molar refractivity (Wildman–Crippen MR) is 81.2 cm³/mol. The van der Waals surface area contributed by atoms with E-state index >= 15 is 0 Å². The Morgan fingerprint density at radius 2 is 2.00 bits per heavy atom. The molecule has 0 unspecified atom stereocenters. The number of fused-ring (bicyclic) bond motifs is 1. The van der Waals surface area contributed by atoms with E-state index < -0.39 is 5.97 Å². The number of carboxylic acid groups (broad SMARTS) is 1. The number of carbonyl (C=O) groups is 1. The molecule has 6 heteroatoms. The molecule has 3 rings (SSSR count). The average molecular weight is 300 g/mol. The monoisotopic (exact) mass is 299 g/mol. The molecule has 2 heterocycles. The van der Waals surface area contributed by atoms with E-state index in [1.807, 2.05) is 18.2 Å². The van der Waals surface area contributed by atoms with E-state index in [1.54, 1.807) is 12.1 Å². The Morgan fingerprint density at radius 3 is 2.81 bits per heavy atom. The Hall–Kier alpha value is -2.66. The predicted octanol–water partition coefficient (Wildman–Crippen LogP) is 3.73. The van der Waals surface area contributed by atoms with Gasteiger partial charge in [0, 0.05) is 11.6 Å². The zero-order chi connectivity index (χ0) is 14.8. The quantitative estimate of drug-likeness (QED) is 0.771. The highest BCUT2D eigenvalue weighted by Gasteiger charge is 2.06. The smallest absolute Gasteiger partial charge is 0.335 e. The highest BCUT2D eigenvalue weighted by molar-refractivity contribution is 6.35. The summed E-state index contributed by atoms with van der Waals surface area (Å²) < 4.78 is 0. The summed E-state index contributed by atoms with van der Waals surface area (Å²) in [7, 11) is 0. The molecule has 2 aromatic heterocycles. The van der Waals surface area contributed by atoms with Crippen LogP contribution in [0.4, 0.5) is 11.6 Å². The lowest BCUT2D eigenvalue weighted by molar-refractivity contribution is 0.0697. The van der Waals surface area contributed by atoms with Crippen LogP contribution >= 0.6 is 11.6 Å². The van der Waals surface area contributed by atoms with E-state index in [-0.39, 0.29) is 5.56 Å². The van der Waals surface area contributed by atoms with Gasteiger partial charge in [0.1, 0.15) is 11.6 Å². The Kier molecular flexibility index (Phi) is 3.41. The number of hydrogen-bond donors (Lipinski definition) is 2. The van der Waals surface area contributed by atoms with Crippen LogP contribution in [0.2, 0.25) is 5.02 Å². The molecule has 0 aliphatic heterocycles. The van der Waals surface area contributed by atoms with Gasteiger partial charge < -0.3 is 10.4 Å². The molecular formula is C15H10ClN3O2. The van der Waals surface area contributed by atoms with Crippen LogP contribution in [0.5, 0.6) is 0 Å². The fourth-order valence-electron chi connectivity index (χ4n) is 1.94. The molecule has 0 radical (unpaired) electrons. The number of halogens is 1. The highest BCUT2D eigenvalue weighted by Crippen LogP contribution is 2.24. The molecule has 0 saturated heterocycles. The minimum atomic E-state index is -1.00. The first kappa shape index (κ1) is 13.3.